The molecule has 0 bridgehead atoms. The number of thiazole rings is 1. The molecule has 0 saturated heterocycles. The molecule has 0 aliphatic carbocycles. The molecular formula is C15H11BrN2O3S. The van der Waals surface area contributed by atoms with Crippen LogP contribution in [0.5, 0.6) is 5.75 Å². The smallest absolute Gasteiger partial charge is 0.259 e. The number of carbonyl (C=O) groups excluding carboxylic acids is 1. The zero-order valence-corrected chi connectivity index (χ0v) is 14.0. The average molecular weight is 379 g/mol. The van der Waals surface area contributed by atoms with Crippen LogP contribution in [0.2, 0.25) is 0 Å². The summed E-state index contributed by atoms with van der Waals surface area (Å²) in [7, 11) is 0. The van der Waals surface area contributed by atoms with Crippen LogP contribution in [-0.4, -0.2) is 15.7 Å². The van der Waals surface area contributed by atoms with Crippen molar-refractivity contribution in [2.45, 2.75) is 13.5 Å². The zero-order chi connectivity index (χ0) is 15.7. The summed E-state index contributed by atoms with van der Waals surface area (Å²) >= 11 is 4.71. The summed E-state index contributed by atoms with van der Waals surface area (Å²) in [6, 6.07) is 6.62. The van der Waals surface area contributed by atoms with Crippen LogP contribution in [0.25, 0.3) is 4.96 Å². The molecule has 0 fully saturated rings. The molecule has 0 unspecified atom stereocenters. The van der Waals surface area contributed by atoms with Crippen LogP contribution in [0.15, 0.2) is 38.9 Å². The van der Waals surface area contributed by atoms with Crippen molar-refractivity contribution in [1.29, 1.82) is 0 Å². The Hall–Kier alpha value is -1.99. The van der Waals surface area contributed by atoms with Gasteiger partial charge in [0.05, 0.1) is 11.3 Å². The van der Waals surface area contributed by atoms with E-state index in [1.807, 2.05) is 12.3 Å². The Bertz CT molecular complexity index is 917. The average Bonchev–Trinajstić information content (AvgIpc) is 2.87. The second kappa shape index (κ2) is 6.02. The van der Waals surface area contributed by atoms with Crippen molar-refractivity contribution >= 4 is 38.5 Å². The first-order valence-electron chi connectivity index (χ1n) is 6.43. The molecule has 0 radical (unpaired) electrons. The van der Waals surface area contributed by atoms with Gasteiger partial charge in [0.2, 0.25) is 0 Å². The standard InChI is InChI=1S/C15H11BrN2O3S/c1-9-8-22-15-17-12(5-14(20)18(9)15)7-21-13-3-2-11(16)4-10(13)6-19/h2-6,8H,7H2,1H3. The third-order valence-corrected chi connectivity index (χ3v) is 4.54. The summed E-state index contributed by atoms with van der Waals surface area (Å²) in [5.41, 5.74) is 1.71. The minimum Gasteiger partial charge on any atom is -0.487 e. The molecule has 3 rings (SSSR count). The number of fused-ring (bicyclic) bond motifs is 1. The van der Waals surface area contributed by atoms with E-state index >= 15 is 0 Å². The predicted molar refractivity (Wildman–Crippen MR) is 87.9 cm³/mol. The molecule has 0 aliphatic heterocycles. The second-order valence-electron chi connectivity index (χ2n) is 4.67. The van der Waals surface area contributed by atoms with Crippen LogP contribution >= 0.6 is 27.3 Å². The number of benzene rings is 1. The highest BCUT2D eigenvalue weighted by Crippen LogP contribution is 2.22. The number of nitrogens with zero attached hydrogens (tertiary/aromatic N) is 2. The number of ether oxygens (including phenoxy) is 1. The highest BCUT2D eigenvalue weighted by atomic mass is 79.9. The van der Waals surface area contributed by atoms with E-state index in [0.29, 0.717) is 22.0 Å². The van der Waals surface area contributed by atoms with Gasteiger partial charge in [0, 0.05) is 21.6 Å². The summed E-state index contributed by atoms with van der Waals surface area (Å²) < 4.78 is 7.98. The van der Waals surface area contributed by atoms with Gasteiger partial charge in [-0.1, -0.05) is 15.9 Å². The molecule has 7 heteroatoms. The minimum absolute atomic E-state index is 0.130. The molecule has 0 aliphatic rings. The first kappa shape index (κ1) is 14.9. The van der Waals surface area contributed by atoms with Gasteiger partial charge in [0.15, 0.2) is 11.2 Å². The van der Waals surface area contributed by atoms with Crippen molar-refractivity contribution in [3.05, 3.63) is 61.4 Å². The number of halogens is 1. The fraction of sp³-hybridized carbons (Fsp3) is 0.133. The lowest BCUT2D eigenvalue weighted by Crippen LogP contribution is -2.16. The van der Waals surface area contributed by atoms with E-state index in [4.69, 9.17) is 4.74 Å². The Morgan fingerprint density at radius 3 is 3.00 bits per heavy atom. The molecule has 0 amide bonds. The lowest BCUT2D eigenvalue weighted by Gasteiger charge is -2.08. The zero-order valence-electron chi connectivity index (χ0n) is 11.6. The Morgan fingerprint density at radius 2 is 2.23 bits per heavy atom. The molecule has 0 atom stereocenters. The molecule has 0 N–H and O–H groups in total. The van der Waals surface area contributed by atoms with Gasteiger partial charge >= 0.3 is 0 Å². The van der Waals surface area contributed by atoms with E-state index in [9.17, 15) is 9.59 Å². The van der Waals surface area contributed by atoms with Gasteiger partial charge in [-0.3, -0.25) is 14.0 Å². The van der Waals surface area contributed by atoms with Gasteiger partial charge in [0.25, 0.3) is 5.56 Å². The summed E-state index contributed by atoms with van der Waals surface area (Å²) in [4.78, 5) is 28.2. The quantitative estimate of drug-likeness (QED) is 0.654. The van der Waals surface area contributed by atoms with Crippen LogP contribution < -0.4 is 10.3 Å². The largest absolute Gasteiger partial charge is 0.487 e. The van der Waals surface area contributed by atoms with Gasteiger partial charge < -0.3 is 4.74 Å². The molecule has 0 spiro atoms. The van der Waals surface area contributed by atoms with E-state index < -0.39 is 0 Å². The van der Waals surface area contributed by atoms with Gasteiger partial charge in [-0.2, -0.15) is 0 Å². The number of aldehydes is 1. The second-order valence-corrected chi connectivity index (χ2v) is 6.42. The van der Waals surface area contributed by atoms with Crippen LogP contribution in [-0.2, 0) is 6.61 Å². The summed E-state index contributed by atoms with van der Waals surface area (Å²) in [6.07, 6.45) is 0.730. The summed E-state index contributed by atoms with van der Waals surface area (Å²) in [5, 5.41) is 1.88. The van der Waals surface area contributed by atoms with Crippen LogP contribution in [0.3, 0.4) is 0 Å². The number of carbonyl (C=O) groups is 1. The maximum atomic E-state index is 12.1. The van der Waals surface area contributed by atoms with Crippen molar-refractivity contribution in [3.63, 3.8) is 0 Å². The number of aryl methyl sites for hydroxylation is 1. The summed E-state index contributed by atoms with van der Waals surface area (Å²) in [5.74, 6) is 0.461. The van der Waals surface area contributed by atoms with E-state index in [2.05, 4.69) is 20.9 Å². The first-order valence-corrected chi connectivity index (χ1v) is 8.10. The molecule has 2 aromatic heterocycles. The van der Waals surface area contributed by atoms with Crippen LogP contribution in [0.1, 0.15) is 21.7 Å². The van der Waals surface area contributed by atoms with E-state index in [-0.39, 0.29) is 12.2 Å². The lowest BCUT2D eigenvalue weighted by atomic mass is 10.2. The molecule has 112 valence electrons. The number of rotatable bonds is 4. The van der Waals surface area contributed by atoms with Crippen molar-refractivity contribution in [3.8, 4) is 5.75 Å². The van der Waals surface area contributed by atoms with E-state index in [0.717, 1.165) is 16.5 Å². The fourth-order valence-electron chi connectivity index (χ4n) is 2.07. The Kier molecular flexibility index (Phi) is 4.08. The predicted octanol–water partition coefficient (Wildman–Crippen LogP) is 3.22. The van der Waals surface area contributed by atoms with Crippen molar-refractivity contribution in [2.24, 2.45) is 0 Å². The van der Waals surface area contributed by atoms with Gasteiger partial charge in [-0.25, -0.2) is 4.98 Å². The highest BCUT2D eigenvalue weighted by molar-refractivity contribution is 9.10. The topological polar surface area (TPSA) is 60.7 Å². The molecular weight excluding hydrogens is 368 g/mol. The SMILES string of the molecule is Cc1csc2nc(COc3ccc(Br)cc3C=O)cc(=O)n12. The number of hydrogen-bond donors (Lipinski definition) is 0. The van der Waals surface area contributed by atoms with Crippen LogP contribution in [0, 0.1) is 6.92 Å². The molecule has 5 nitrogen and oxygen atoms in total. The van der Waals surface area contributed by atoms with Gasteiger partial charge in [-0.15, -0.1) is 11.3 Å². The lowest BCUT2D eigenvalue weighted by molar-refractivity contribution is 0.111. The third-order valence-electron chi connectivity index (χ3n) is 3.10. The van der Waals surface area contributed by atoms with E-state index in [1.54, 1.807) is 22.6 Å². The first-order chi connectivity index (χ1) is 10.6. The van der Waals surface area contributed by atoms with E-state index in [1.165, 1.54) is 17.4 Å². The molecule has 1 aromatic carbocycles. The Balaban J connectivity index is 1.88. The van der Waals surface area contributed by atoms with Gasteiger partial charge in [0.1, 0.15) is 12.4 Å². The Morgan fingerprint density at radius 1 is 1.41 bits per heavy atom. The number of aromatic nitrogens is 2. The molecule has 3 aromatic rings. The van der Waals surface area contributed by atoms with Gasteiger partial charge in [-0.05, 0) is 25.1 Å². The maximum Gasteiger partial charge on any atom is 0.259 e. The van der Waals surface area contributed by atoms with Crippen molar-refractivity contribution < 1.29 is 9.53 Å². The molecule has 0 saturated carbocycles. The maximum absolute atomic E-state index is 12.1. The van der Waals surface area contributed by atoms with Crippen LogP contribution in [0.4, 0.5) is 0 Å². The fourth-order valence-corrected chi connectivity index (χ4v) is 3.34. The monoisotopic (exact) mass is 378 g/mol. The van der Waals surface area contributed by atoms with Crippen molar-refractivity contribution in [2.75, 3.05) is 0 Å². The van der Waals surface area contributed by atoms with Crippen molar-refractivity contribution in [1.82, 2.24) is 9.38 Å². The minimum atomic E-state index is -0.131. The number of hydrogen-bond acceptors (Lipinski definition) is 5. The molecule has 22 heavy (non-hydrogen) atoms. The third kappa shape index (κ3) is 2.82. The highest BCUT2D eigenvalue weighted by Gasteiger charge is 2.09. The Labute approximate surface area is 138 Å². The summed E-state index contributed by atoms with van der Waals surface area (Å²) in [6.45, 7) is 1.99. The normalized spacial score (nSPS) is 10.8. The molecule has 2 heterocycles.